The first kappa shape index (κ1) is 14.5. The zero-order valence-electron chi connectivity index (χ0n) is 9.49. The van der Waals surface area contributed by atoms with Gasteiger partial charge in [-0.3, -0.25) is 0 Å². The minimum atomic E-state index is 0.701. The molecule has 16 heavy (non-hydrogen) atoms. The van der Waals surface area contributed by atoms with Gasteiger partial charge >= 0.3 is 0 Å². The van der Waals surface area contributed by atoms with Gasteiger partial charge in [0.15, 0.2) is 0 Å². The molecule has 1 aromatic carbocycles. The van der Waals surface area contributed by atoms with E-state index in [1.54, 1.807) is 0 Å². The Bertz CT molecular complexity index is 329. The van der Waals surface area contributed by atoms with E-state index in [9.17, 15) is 0 Å². The molecule has 1 rings (SSSR count). The number of benzene rings is 1. The Balaban J connectivity index is 2.67. The molecule has 90 valence electrons. The zero-order valence-corrected chi connectivity index (χ0v) is 14.2. The molecule has 0 bridgehead atoms. The van der Waals surface area contributed by atoms with E-state index in [-0.39, 0.29) is 0 Å². The SMILES string of the molecule is CCCC(C)CNc1c(Br)cc(Br)cc1Br. The molecular weight excluding hydrogens is 398 g/mol. The van der Waals surface area contributed by atoms with Crippen LogP contribution in [0.25, 0.3) is 0 Å². The summed E-state index contributed by atoms with van der Waals surface area (Å²) in [5, 5.41) is 3.48. The summed E-state index contributed by atoms with van der Waals surface area (Å²) in [5.41, 5.74) is 1.13. The third kappa shape index (κ3) is 4.38. The van der Waals surface area contributed by atoms with Crippen LogP contribution in [0.1, 0.15) is 26.7 Å². The second-order valence-corrected chi connectivity index (χ2v) is 6.64. The van der Waals surface area contributed by atoms with Crippen LogP contribution in [-0.2, 0) is 0 Å². The van der Waals surface area contributed by atoms with Gasteiger partial charge in [-0.1, -0.05) is 36.2 Å². The first-order chi connectivity index (χ1) is 7.54. The number of hydrogen-bond acceptors (Lipinski definition) is 1. The van der Waals surface area contributed by atoms with E-state index in [0.717, 1.165) is 25.7 Å². The number of nitrogens with one attached hydrogen (secondary N) is 1. The molecule has 4 heteroatoms. The number of hydrogen-bond donors (Lipinski definition) is 1. The highest BCUT2D eigenvalue weighted by Gasteiger charge is 2.08. The summed E-state index contributed by atoms with van der Waals surface area (Å²) < 4.78 is 3.23. The van der Waals surface area contributed by atoms with Crippen molar-refractivity contribution in [1.82, 2.24) is 0 Å². The summed E-state index contributed by atoms with van der Waals surface area (Å²) in [6.07, 6.45) is 2.50. The summed E-state index contributed by atoms with van der Waals surface area (Å²) in [7, 11) is 0. The summed E-state index contributed by atoms with van der Waals surface area (Å²) in [6, 6.07) is 4.11. The molecule has 0 fully saturated rings. The Morgan fingerprint density at radius 1 is 1.19 bits per heavy atom. The Morgan fingerprint density at radius 2 is 1.75 bits per heavy atom. The molecule has 1 unspecified atom stereocenters. The molecule has 1 N–H and O–H groups in total. The molecule has 1 aromatic rings. The van der Waals surface area contributed by atoms with Crippen LogP contribution in [0.5, 0.6) is 0 Å². The van der Waals surface area contributed by atoms with E-state index < -0.39 is 0 Å². The first-order valence-electron chi connectivity index (χ1n) is 5.43. The average molecular weight is 414 g/mol. The largest absolute Gasteiger partial charge is 0.383 e. The molecule has 0 aliphatic carbocycles. The van der Waals surface area contributed by atoms with Crippen LogP contribution in [0.15, 0.2) is 25.6 Å². The molecule has 1 nitrogen and oxygen atoms in total. The van der Waals surface area contributed by atoms with Gasteiger partial charge in [0.05, 0.1) is 5.69 Å². The minimum absolute atomic E-state index is 0.701. The number of halogens is 3. The van der Waals surface area contributed by atoms with Crippen LogP contribution in [-0.4, -0.2) is 6.54 Å². The quantitative estimate of drug-likeness (QED) is 0.641. The van der Waals surface area contributed by atoms with Gasteiger partial charge in [0, 0.05) is 20.0 Å². The lowest BCUT2D eigenvalue weighted by molar-refractivity contribution is 0.550. The Hall–Kier alpha value is 0.460. The van der Waals surface area contributed by atoms with Gasteiger partial charge in [-0.05, 0) is 56.3 Å². The van der Waals surface area contributed by atoms with Crippen LogP contribution in [0.4, 0.5) is 5.69 Å². The molecule has 0 aliphatic heterocycles. The van der Waals surface area contributed by atoms with Crippen LogP contribution in [0, 0.1) is 5.92 Å². The van der Waals surface area contributed by atoms with Gasteiger partial charge in [0.2, 0.25) is 0 Å². The fourth-order valence-electron chi connectivity index (χ4n) is 1.58. The standard InChI is InChI=1S/C12H16Br3N/c1-3-4-8(2)7-16-12-10(14)5-9(13)6-11(12)15/h5-6,8,16H,3-4,7H2,1-2H3. The lowest BCUT2D eigenvalue weighted by atomic mass is 10.1. The second kappa shape index (κ2) is 7.02. The normalized spacial score (nSPS) is 12.6. The van der Waals surface area contributed by atoms with Crippen molar-refractivity contribution >= 4 is 53.5 Å². The van der Waals surface area contributed by atoms with Gasteiger partial charge in [0.25, 0.3) is 0 Å². The molecule has 0 aliphatic rings. The maximum atomic E-state index is 3.56. The van der Waals surface area contributed by atoms with E-state index in [0.29, 0.717) is 5.92 Å². The molecule has 0 spiro atoms. The van der Waals surface area contributed by atoms with Gasteiger partial charge in [-0.15, -0.1) is 0 Å². The molecule has 0 saturated carbocycles. The molecule has 0 aromatic heterocycles. The lowest BCUT2D eigenvalue weighted by Gasteiger charge is -2.15. The van der Waals surface area contributed by atoms with Crippen molar-refractivity contribution in [3.63, 3.8) is 0 Å². The summed E-state index contributed by atoms with van der Waals surface area (Å²) >= 11 is 10.6. The molecular formula is C12H16Br3N. The van der Waals surface area contributed by atoms with Crippen LogP contribution < -0.4 is 5.32 Å². The molecule has 1 atom stereocenters. The Morgan fingerprint density at radius 3 is 2.25 bits per heavy atom. The second-order valence-electron chi connectivity index (χ2n) is 4.02. The maximum Gasteiger partial charge on any atom is 0.0629 e. The summed E-state index contributed by atoms with van der Waals surface area (Å²) in [4.78, 5) is 0. The molecule has 0 heterocycles. The third-order valence-electron chi connectivity index (χ3n) is 2.42. The summed E-state index contributed by atoms with van der Waals surface area (Å²) in [6.45, 7) is 5.51. The minimum Gasteiger partial charge on any atom is -0.383 e. The monoisotopic (exact) mass is 411 g/mol. The number of rotatable bonds is 5. The summed E-state index contributed by atoms with van der Waals surface area (Å²) in [5.74, 6) is 0.701. The van der Waals surface area contributed by atoms with Crippen molar-refractivity contribution in [3.8, 4) is 0 Å². The van der Waals surface area contributed by atoms with Crippen molar-refractivity contribution in [3.05, 3.63) is 25.6 Å². The fourth-order valence-corrected chi connectivity index (χ4v) is 4.12. The lowest BCUT2D eigenvalue weighted by Crippen LogP contribution is -2.11. The Labute approximate surface area is 123 Å². The highest BCUT2D eigenvalue weighted by molar-refractivity contribution is 9.11. The van der Waals surface area contributed by atoms with Crippen LogP contribution in [0.2, 0.25) is 0 Å². The van der Waals surface area contributed by atoms with Crippen molar-refractivity contribution in [2.24, 2.45) is 5.92 Å². The van der Waals surface area contributed by atoms with Crippen LogP contribution >= 0.6 is 47.8 Å². The predicted octanol–water partition coefficient (Wildman–Crippen LogP) is 5.82. The van der Waals surface area contributed by atoms with E-state index in [2.05, 4.69) is 79.1 Å². The van der Waals surface area contributed by atoms with Gasteiger partial charge in [-0.25, -0.2) is 0 Å². The average Bonchev–Trinajstić information content (AvgIpc) is 2.16. The highest BCUT2D eigenvalue weighted by Crippen LogP contribution is 2.34. The first-order valence-corrected chi connectivity index (χ1v) is 7.81. The van der Waals surface area contributed by atoms with Crippen molar-refractivity contribution in [2.75, 3.05) is 11.9 Å². The molecule has 0 saturated heterocycles. The van der Waals surface area contributed by atoms with Gasteiger partial charge in [0.1, 0.15) is 0 Å². The van der Waals surface area contributed by atoms with E-state index in [1.807, 2.05) is 0 Å². The Kier molecular flexibility index (Phi) is 6.37. The van der Waals surface area contributed by atoms with Crippen molar-refractivity contribution < 1.29 is 0 Å². The van der Waals surface area contributed by atoms with Crippen molar-refractivity contribution in [2.45, 2.75) is 26.7 Å². The topological polar surface area (TPSA) is 12.0 Å². The molecule has 0 radical (unpaired) electrons. The van der Waals surface area contributed by atoms with Crippen molar-refractivity contribution in [1.29, 1.82) is 0 Å². The fraction of sp³-hybridized carbons (Fsp3) is 0.500. The predicted molar refractivity (Wildman–Crippen MR) is 82.1 cm³/mol. The van der Waals surface area contributed by atoms with Crippen LogP contribution in [0.3, 0.4) is 0 Å². The third-order valence-corrected chi connectivity index (χ3v) is 4.12. The van der Waals surface area contributed by atoms with E-state index in [1.165, 1.54) is 12.8 Å². The highest BCUT2D eigenvalue weighted by atomic mass is 79.9. The zero-order chi connectivity index (χ0) is 12.1. The van der Waals surface area contributed by atoms with E-state index in [4.69, 9.17) is 0 Å². The van der Waals surface area contributed by atoms with Gasteiger partial charge < -0.3 is 5.32 Å². The number of anilines is 1. The molecule has 0 amide bonds. The van der Waals surface area contributed by atoms with Gasteiger partial charge in [-0.2, -0.15) is 0 Å². The van der Waals surface area contributed by atoms with E-state index >= 15 is 0 Å². The smallest absolute Gasteiger partial charge is 0.0629 e. The maximum absolute atomic E-state index is 3.56.